The van der Waals surface area contributed by atoms with E-state index in [-0.39, 0.29) is 5.25 Å². The van der Waals surface area contributed by atoms with Crippen LogP contribution in [0.25, 0.3) is 0 Å². The van der Waals surface area contributed by atoms with Crippen LogP contribution in [0.1, 0.15) is 20.3 Å². The molecule has 0 aliphatic heterocycles. The average molecular weight is 132 g/mol. The van der Waals surface area contributed by atoms with Gasteiger partial charge in [0, 0.05) is 16.5 Å². The Hall–Kier alpha value is 0.0200. The van der Waals surface area contributed by atoms with E-state index in [2.05, 4.69) is 6.92 Å². The van der Waals surface area contributed by atoms with Gasteiger partial charge in [0.05, 0.1) is 0 Å². The van der Waals surface area contributed by atoms with Crippen LogP contribution in [0.15, 0.2) is 0 Å². The van der Waals surface area contributed by atoms with Crippen molar-refractivity contribution in [3.63, 3.8) is 0 Å². The number of rotatable bonds is 3. The van der Waals surface area contributed by atoms with Crippen molar-refractivity contribution < 1.29 is 4.21 Å². The van der Waals surface area contributed by atoms with Crippen LogP contribution in [-0.4, -0.2) is 5.25 Å². The molecule has 0 N–H and O–H groups in total. The Balaban J connectivity index is 3.51. The highest BCUT2D eigenvalue weighted by molar-refractivity contribution is 7.66. The fourth-order valence-electron chi connectivity index (χ4n) is 0.493. The topological polar surface area (TPSA) is 17.1 Å². The summed E-state index contributed by atoms with van der Waals surface area (Å²) in [7, 11) is 0. The molecular weight excluding hydrogens is 120 g/mol. The summed E-state index contributed by atoms with van der Waals surface area (Å²) in [5.41, 5.74) is 0. The molecule has 1 unspecified atom stereocenters. The molecule has 8 heavy (non-hydrogen) atoms. The van der Waals surface area contributed by atoms with Gasteiger partial charge < -0.3 is 0 Å². The second-order valence-electron chi connectivity index (χ2n) is 2.17. The maximum Gasteiger partial charge on any atom is 0.462 e. The van der Waals surface area contributed by atoms with Gasteiger partial charge in [-0.15, -0.1) is 0 Å². The largest absolute Gasteiger partial charge is 0.462 e. The smallest absolute Gasteiger partial charge is 0.0572 e. The van der Waals surface area contributed by atoms with Gasteiger partial charge in [0.2, 0.25) is 5.25 Å². The molecule has 1 atom stereocenters. The summed E-state index contributed by atoms with van der Waals surface area (Å²) in [6.45, 7) is 7.74. The van der Waals surface area contributed by atoms with Crippen LogP contribution >= 0.6 is 0 Å². The van der Waals surface area contributed by atoms with Crippen molar-refractivity contribution in [3.05, 3.63) is 6.92 Å². The highest BCUT2D eigenvalue weighted by Gasteiger charge is 2.22. The van der Waals surface area contributed by atoms with E-state index in [1.165, 1.54) is 0 Å². The molecule has 0 saturated heterocycles. The van der Waals surface area contributed by atoms with Crippen LogP contribution in [0.2, 0.25) is 0 Å². The molecular formula is C6H12OS+. The van der Waals surface area contributed by atoms with Crippen LogP contribution in [-0.2, 0) is 15.9 Å². The third kappa shape index (κ3) is 2.36. The van der Waals surface area contributed by atoms with E-state index < -0.39 is 0 Å². The van der Waals surface area contributed by atoms with Crippen LogP contribution < -0.4 is 0 Å². The molecule has 0 heterocycles. The van der Waals surface area contributed by atoms with Gasteiger partial charge >= 0.3 is 11.7 Å². The standard InChI is InChI=1S/C6H12OS/c1-4-6(8-7)5(2)3/h5-6H,1,4H2,2-3H3/q+1. The molecule has 47 valence electrons. The lowest BCUT2D eigenvalue weighted by molar-refractivity contribution is 0.561. The van der Waals surface area contributed by atoms with Crippen molar-refractivity contribution in [1.82, 2.24) is 0 Å². The van der Waals surface area contributed by atoms with Crippen molar-refractivity contribution in [1.29, 1.82) is 0 Å². The summed E-state index contributed by atoms with van der Waals surface area (Å²) >= 11 is 0.666. The number of hydrogen-bond acceptors (Lipinski definition) is 1. The first-order valence-corrected chi connectivity index (χ1v) is 3.60. The first kappa shape index (κ1) is 8.02. The average Bonchev–Trinajstić information content (AvgIpc) is 1.69. The van der Waals surface area contributed by atoms with E-state index in [1.54, 1.807) is 0 Å². The fraction of sp³-hybridized carbons (Fsp3) is 0.833. The second-order valence-corrected chi connectivity index (χ2v) is 2.97. The molecule has 1 radical (unpaired) electrons. The maximum atomic E-state index is 10.2. The zero-order valence-electron chi connectivity index (χ0n) is 5.39. The lowest BCUT2D eigenvalue weighted by atomic mass is 10.1. The Morgan fingerprint density at radius 3 is 2.12 bits per heavy atom. The van der Waals surface area contributed by atoms with E-state index in [0.29, 0.717) is 17.6 Å². The minimum Gasteiger partial charge on any atom is -0.0572 e. The SMILES string of the molecule is [CH2]CC([S+]=O)C(C)C. The van der Waals surface area contributed by atoms with Crippen molar-refractivity contribution >= 4 is 11.7 Å². The third-order valence-electron chi connectivity index (χ3n) is 1.15. The monoisotopic (exact) mass is 132 g/mol. The normalized spacial score (nSPS) is 14.0. The highest BCUT2D eigenvalue weighted by atomic mass is 32.1. The van der Waals surface area contributed by atoms with Gasteiger partial charge in [0.1, 0.15) is 0 Å². The van der Waals surface area contributed by atoms with Crippen LogP contribution in [0.4, 0.5) is 0 Å². The van der Waals surface area contributed by atoms with Gasteiger partial charge in [-0.05, 0) is 6.92 Å². The number of hydrogen-bond donors (Lipinski definition) is 0. The lowest BCUT2D eigenvalue weighted by Gasteiger charge is -1.97. The summed E-state index contributed by atoms with van der Waals surface area (Å²) < 4.78 is 10.2. The quantitative estimate of drug-likeness (QED) is 0.534. The summed E-state index contributed by atoms with van der Waals surface area (Å²) in [5.74, 6) is 0.468. The van der Waals surface area contributed by atoms with Gasteiger partial charge in [-0.2, -0.15) is 0 Å². The Morgan fingerprint density at radius 2 is 2.12 bits per heavy atom. The molecule has 0 spiro atoms. The van der Waals surface area contributed by atoms with Crippen molar-refractivity contribution in [2.75, 3.05) is 0 Å². The molecule has 0 aromatic rings. The van der Waals surface area contributed by atoms with Crippen LogP contribution in [0.3, 0.4) is 0 Å². The zero-order valence-corrected chi connectivity index (χ0v) is 6.20. The lowest BCUT2D eigenvalue weighted by Crippen LogP contribution is -2.11. The minimum absolute atomic E-state index is 0.204. The molecule has 0 aromatic heterocycles. The summed E-state index contributed by atoms with van der Waals surface area (Å²) in [4.78, 5) is 0. The Bertz CT molecular complexity index is 70.9. The summed E-state index contributed by atoms with van der Waals surface area (Å²) in [5, 5.41) is 0.204. The first-order valence-electron chi connectivity index (χ1n) is 2.80. The van der Waals surface area contributed by atoms with E-state index in [4.69, 9.17) is 0 Å². The first-order chi connectivity index (χ1) is 3.72. The predicted octanol–water partition coefficient (Wildman–Crippen LogP) is 1.66. The molecule has 0 rings (SSSR count). The second kappa shape index (κ2) is 3.96. The highest BCUT2D eigenvalue weighted by Crippen LogP contribution is 2.06. The van der Waals surface area contributed by atoms with E-state index in [0.717, 1.165) is 6.42 Å². The molecule has 0 fully saturated rings. The van der Waals surface area contributed by atoms with Gasteiger partial charge in [-0.3, -0.25) is 0 Å². The van der Waals surface area contributed by atoms with Crippen molar-refractivity contribution in [2.24, 2.45) is 5.92 Å². The third-order valence-corrected chi connectivity index (χ3v) is 2.18. The molecule has 0 aliphatic rings. The summed E-state index contributed by atoms with van der Waals surface area (Å²) in [6, 6.07) is 0. The predicted molar refractivity (Wildman–Crippen MR) is 36.7 cm³/mol. The van der Waals surface area contributed by atoms with Crippen molar-refractivity contribution in [2.45, 2.75) is 25.5 Å². The van der Waals surface area contributed by atoms with Crippen molar-refractivity contribution in [3.8, 4) is 0 Å². The molecule has 0 aromatic carbocycles. The summed E-state index contributed by atoms with van der Waals surface area (Å²) in [6.07, 6.45) is 0.742. The molecule has 1 nitrogen and oxygen atoms in total. The minimum atomic E-state index is 0.204. The molecule has 0 aliphatic carbocycles. The molecule has 0 amide bonds. The van der Waals surface area contributed by atoms with Gasteiger partial charge in [-0.25, -0.2) is 0 Å². The van der Waals surface area contributed by atoms with Gasteiger partial charge in [-0.1, -0.05) is 13.8 Å². The Morgan fingerprint density at radius 1 is 1.62 bits per heavy atom. The maximum absolute atomic E-state index is 10.2. The molecule has 2 heteroatoms. The Kier molecular flexibility index (Phi) is 3.97. The molecule has 0 bridgehead atoms. The van der Waals surface area contributed by atoms with Crippen LogP contribution in [0, 0.1) is 12.8 Å². The molecule has 0 saturated carbocycles. The van der Waals surface area contributed by atoms with Gasteiger partial charge in [0.15, 0.2) is 0 Å². The van der Waals surface area contributed by atoms with Gasteiger partial charge in [0.25, 0.3) is 0 Å². The van der Waals surface area contributed by atoms with Crippen LogP contribution in [0.5, 0.6) is 0 Å². The van der Waals surface area contributed by atoms with E-state index in [9.17, 15) is 4.21 Å². The fourth-order valence-corrected chi connectivity index (χ4v) is 0.811. The van der Waals surface area contributed by atoms with E-state index >= 15 is 0 Å². The zero-order chi connectivity index (χ0) is 6.57. The Labute approximate surface area is 55.0 Å². The van der Waals surface area contributed by atoms with E-state index in [1.807, 2.05) is 13.8 Å².